The van der Waals surface area contributed by atoms with Crippen molar-refractivity contribution in [1.82, 2.24) is 9.80 Å². The summed E-state index contributed by atoms with van der Waals surface area (Å²) in [6.45, 7) is 5.63. The number of hydrogen-bond acceptors (Lipinski definition) is 3. The van der Waals surface area contributed by atoms with E-state index in [1.165, 1.54) is 15.9 Å². The summed E-state index contributed by atoms with van der Waals surface area (Å²) < 4.78 is 5.23. The summed E-state index contributed by atoms with van der Waals surface area (Å²) >= 11 is 0. The maximum Gasteiger partial charge on any atom is 0.410 e. The molecular weight excluding hydrogens is 467 g/mol. The molecule has 5 rings (SSSR count). The number of likely N-dealkylation sites (tertiary alicyclic amines) is 2. The van der Waals surface area contributed by atoms with Crippen molar-refractivity contribution in [2.24, 2.45) is 0 Å². The van der Waals surface area contributed by atoms with E-state index in [9.17, 15) is 9.59 Å². The lowest BCUT2D eigenvalue weighted by molar-refractivity contribution is -0.129. The van der Waals surface area contributed by atoms with Crippen molar-refractivity contribution < 1.29 is 14.3 Å². The number of nitrogens with zero attached hydrogens (tertiary/aromatic N) is 2. The molecule has 184 valence electrons. The highest BCUT2D eigenvalue weighted by Gasteiger charge is 2.59. The predicted molar refractivity (Wildman–Crippen MR) is 147 cm³/mol. The fourth-order valence-corrected chi connectivity index (χ4v) is 10.7. The van der Waals surface area contributed by atoms with Gasteiger partial charge in [-0.15, -0.1) is 0 Å². The largest absolute Gasteiger partial charge is 0.445 e. The van der Waals surface area contributed by atoms with Gasteiger partial charge in [0.15, 0.2) is 5.66 Å². The Morgan fingerprint density at radius 3 is 1.89 bits per heavy atom. The van der Waals surface area contributed by atoms with Gasteiger partial charge < -0.3 is 14.5 Å². The molecule has 0 spiro atoms. The Hall–Kier alpha value is -3.43. The second kappa shape index (κ2) is 10.7. The first kappa shape index (κ1) is 24.3. The summed E-state index contributed by atoms with van der Waals surface area (Å²) in [5.41, 5.74) is -0.147. The maximum atomic E-state index is 14.3. The highest BCUT2D eigenvalue weighted by Crippen LogP contribution is 2.62. The fourth-order valence-electron chi connectivity index (χ4n) is 5.77. The number of ether oxygens (including phenoxy) is 1. The molecule has 6 heteroatoms. The average Bonchev–Trinajstić information content (AvgIpc) is 3.57. The number of amides is 2. The molecule has 3 aromatic carbocycles. The monoisotopic (exact) mass is 499 g/mol. The third-order valence-electron chi connectivity index (χ3n) is 7.36. The van der Waals surface area contributed by atoms with Gasteiger partial charge in [-0.1, -0.05) is 67.3 Å². The Morgan fingerprint density at radius 1 is 0.861 bits per heavy atom. The Bertz CT molecular complexity index is 1110. The predicted octanol–water partition coefficient (Wildman–Crippen LogP) is 3.98. The summed E-state index contributed by atoms with van der Waals surface area (Å²) in [7, 11) is -2.29. The van der Waals surface area contributed by atoms with Gasteiger partial charge in [0.25, 0.3) is 5.91 Å². The molecular formula is C30H32N2O3P+. The molecule has 0 aromatic heterocycles. The van der Waals surface area contributed by atoms with Crippen LogP contribution in [0.5, 0.6) is 0 Å². The molecule has 2 saturated heterocycles. The third-order valence-corrected chi connectivity index (χ3v) is 12.1. The SMILES string of the molecule is C=CCOC(=O)N1CC[C@H](N2CC[C@H]([P+](c3ccccc3)(c3ccccc3)c3ccccc3)C2=O)C1. The zero-order valence-electron chi connectivity index (χ0n) is 20.4. The van der Waals surface area contributed by atoms with Gasteiger partial charge in [0.1, 0.15) is 29.8 Å². The summed E-state index contributed by atoms with van der Waals surface area (Å²) in [5, 5.41) is 3.68. The van der Waals surface area contributed by atoms with Crippen LogP contribution in [0.2, 0.25) is 0 Å². The molecule has 2 atom stereocenters. The number of rotatable bonds is 7. The van der Waals surface area contributed by atoms with Gasteiger partial charge in [-0.25, -0.2) is 4.79 Å². The van der Waals surface area contributed by atoms with Gasteiger partial charge in [-0.05, 0) is 42.8 Å². The Labute approximate surface area is 213 Å². The van der Waals surface area contributed by atoms with E-state index in [2.05, 4.69) is 79.4 Å². The van der Waals surface area contributed by atoms with Crippen molar-refractivity contribution in [3.8, 4) is 0 Å². The highest BCUT2D eigenvalue weighted by molar-refractivity contribution is 7.96. The molecule has 2 heterocycles. The lowest BCUT2D eigenvalue weighted by Gasteiger charge is -2.32. The van der Waals surface area contributed by atoms with Crippen molar-refractivity contribution in [3.63, 3.8) is 0 Å². The maximum absolute atomic E-state index is 14.3. The van der Waals surface area contributed by atoms with Gasteiger partial charge >= 0.3 is 6.09 Å². The van der Waals surface area contributed by atoms with Crippen molar-refractivity contribution in [1.29, 1.82) is 0 Å². The molecule has 0 unspecified atom stereocenters. The number of benzene rings is 3. The van der Waals surface area contributed by atoms with Gasteiger partial charge in [0.05, 0.1) is 6.04 Å². The summed E-state index contributed by atoms with van der Waals surface area (Å²) in [6.07, 6.45) is 2.80. The molecule has 36 heavy (non-hydrogen) atoms. The highest BCUT2D eigenvalue weighted by atomic mass is 31.2. The first-order valence-corrected chi connectivity index (χ1v) is 14.4. The van der Waals surface area contributed by atoms with Gasteiger partial charge in [0, 0.05) is 26.1 Å². The zero-order valence-corrected chi connectivity index (χ0v) is 21.3. The van der Waals surface area contributed by atoms with Crippen molar-refractivity contribution in [3.05, 3.63) is 104 Å². The van der Waals surface area contributed by atoms with E-state index in [4.69, 9.17) is 4.74 Å². The molecule has 2 aliphatic heterocycles. The van der Waals surface area contributed by atoms with E-state index in [0.717, 1.165) is 12.8 Å². The second-order valence-corrected chi connectivity index (χ2v) is 12.9. The van der Waals surface area contributed by atoms with Crippen LogP contribution in [0.3, 0.4) is 0 Å². The van der Waals surface area contributed by atoms with Crippen molar-refractivity contribution in [2.45, 2.75) is 24.5 Å². The standard InChI is InChI=1S/C30H32N2O3P/c1-2-22-35-30(34)31-20-18-24(23-31)32-21-19-28(29(32)33)36(25-12-6-3-7-13-25,26-14-8-4-9-15-26)27-16-10-5-11-17-27/h2-17,24,28H,1,18-23H2/q+1/t24-,28-/m0/s1. The number of carbonyl (C=O) groups excluding carboxylic acids is 2. The molecule has 2 fully saturated rings. The number of carbonyl (C=O) groups is 2. The van der Waals surface area contributed by atoms with Crippen molar-refractivity contribution >= 4 is 35.2 Å². The quantitative estimate of drug-likeness (QED) is 0.365. The van der Waals surface area contributed by atoms with Crippen LogP contribution in [0.1, 0.15) is 12.8 Å². The number of hydrogen-bond donors (Lipinski definition) is 0. The molecule has 0 saturated carbocycles. The second-order valence-electron chi connectivity index (χ2n) is 9.32. The van der Waals surface area contributed by atoms with Gasteiger partial charge in [0.2, 0.25) is 0 Å². The average molecular weight is 500 g/mol. The van der Waals surface area contributed by atoms with Crippen LogP contribution in [-0.2, 0) is 9.53 Å². The first-order valence-electron chi connectivity index (χ1n) is 12.5. The molecule has 0 N–H and O–H groups in total. The van der Waals surface area contributed by atoms with E-state index in [1.54, 1.807) is 11.0 Å². The third kappa shape index (κ3) is 4.33. The van der Waals surface area contributed by atoms with Gasteiger partial charge in [-0.2, -0.15) is 0 Å². The molecule has 0 bridgehead atoms. The van der Waals surface area contributed by atoms with E-state index < -0.39 is 7.26 Å². The van der Waals surface area contributed by atoms with E-state index >= 15 is 0 Å². The normalized spacial score (nSPS) is 19.9. The lowest BCUT2D eigenvalue weighted by Crippen LogP contribution is -2.45. The first-order chi connectivity index (χ1) is 17.7. The Morgan fingerprint density at radius 2 is 1.39 bits per heavy atom. The minimum absolute atomic E-state index is 0.0167. The molecule has 3 aromatic rings. The van der Waals surface area contributed by atoms with E-state index in [-0.39, 0.29) is 30.3 Å². The smallest absolute Gasteiger partial charge is 0.410 e. The summed E-state index contributed by atoms with van der Waals surface area (Å²) in [6, 6.07) is 31.8. The Balaban J connectivity index is 1.53. The zero-order chi connectivity index (χ0) is 25.0. The molecule has 0 aliphatic carbocycles. The van der Waals surface area contributed by atoms with Crippen LogP contribution in [0, 0.1) is 0 Å². The van der Waals surface area contributed by atoms with Gasteiger partial charge in [-0.3, -0.25) is 4.79 Å². The van der Waals surface area contributed by atoms with Crippen molar-refractivity contribution in [2.75, 3.05) is 26.2 Å². The van der Waals surface area contributed by atoms with Crippen LogP contribution in [0.25, 0.3) is 0 Å². The van der Waals surface area contributed by atoms with Crippen LogP contribution >= 0.6 is 7.26 Å². The Kier molecular flexibility index (Phi) is 7.20. The van der Waals surface area contributed by atoms with Crippen LogP contribution < -0.4 is 15.9 Å². The summed E-state index contributed by atoms with van der Waals surface area (Å²) in [5.74, 6) is 0.200. The topological polar surface area (TPSA) is 49.9 Å². The minimum atomic E-state index is -2.29. The van der Waals surface area contributed by atoms with Crippen LogP contribution in [0.15, 0.2) is 104 Å². The minimum Gasteiger partial charge on any atom is -0.445 e. The molecule has 5 nitrogen and oxygen atoms in total. The molecule has 0 radical (unpaired) electrons. The van der Waals surface area contributed by atoms with E-state index in [1.807, 2.05) is 23.1 Å². The van der Waals surface area contributed by atoms with Crippen LogP contribution in [0.4, 0.5) is 4.79 Å². The summed E-state index contributed by atoms with van der Waals surface area (Å²) in [4.78, 5) is 30.4. The van der Waals surface area contributed by atoms with Crippen LogP contribution in [-0.4, -0.2) is 59.7 Å². The fraction of sp³-hybridized carbons (Fsp3) is 0.267. The molecule has 2 aliphatic rings. The lowest BCUT2D eigenvalue weighted by atomic mass is 10.2. The molecule has 2 amide bonds. The van der Waals surface area contributed by atoms with E-state index in [0.29, 0.717) is 19.6 Å².